The minimum atomic E-state index is -0.477. The maximum atomic E-state index is 14.9. The van der Waals surface area contributed by atoms with Gasteiger partial charge in [-0.15, -0.1) is 0 Å². The predicted molar refractivity (Wildman–Crippen MR) is 541 cm³/mol. The van der Waals surface area contributed by atoms with Gasteiger partial charge in [0.05, 0.1) is 52.6 Å². The Hall–Kier alpha value is -9.96. The highest BCUT2D eigenvalue weighted by Crippen LogP contribution is 2.54. The van der Waals surface area contributed by atoms with Crippen molar-refractivity contribution in [3.63, 3.8) is 0 Å². The number of rotatable bonds is 64. The van der Waals surface area contributed by atoms with Crippen LogP contribution in [0.4, 0.5) is 0 Å². The fraction of sp³-hybridized carbons (Fsp3) is 0.552. The molecule has 8 bridgehead atoms. The Labute approximate surface area is 794 Å². The molecule has 0 saturated heterocycles. The van der Waals surface area contributed by atoms with E-state index in [0.29, 0.717) is 71.7 Å². The lowest BCUT2D eigenvalue weighted by atomic mass is 9.76. The van der Waals surface area contributed by atoms with Crippen LogP contribution in [-0.2, 0) is 19.2 Å². The zero-order chi connectivity index (χ0) is 93.9. The van der Waals surface area contributed by atoms with Gasteiger partial charge in [-0.1, -0.05) is 380 Å². The molecule has 8 atom stereocenters. The van der Waals surface area contributed by atoms with Gasteiger partial charge in [0.25, 0.3) is 23.6 Å². The molecule has 16 nitrogen and oxygen atoms in total. The number of amides is 4. The van der Waals surface area contributed by atoms with Crippen molar-refractivity contribution in [2.45, 2.75) is 360 Å². The van der Waals surface area contributed by atoms with Crippen LogP contribution < -0.4 is 59.2 Å². The second-order valence-electron chi connectivity index (χ2n) is 37.2. The standard InChI is InChI=1S/C116H164N4O12/c1-13-17-21-25-29-33-37-41-57-69-93-97-73-102(110(77-105(97)125-9)130-82-114(122)118-86(6)90-63-51-46-52-64-90)95(71-59-43-39-35-31-27-23-19-15-3)99-75-104(112(79-107(99)127-11)132-84-116(124)120-88(8)92-67-55-48-56-68-92)96(72-60-44-40-36-32-28-24-20-16-4)100-76-103(111(80-108(100)128-12)131-83-115(123)119-87(7)91-65-53-47-54-66-91)94(70-58-42-38-34-30-26-22-18-14-2)98-74-101(93)109(78-106(98)126-10)129-81-113(121)117-85(5)89-61-49-45-50-62-89/h45-56,61-68,73-80,85-88,93-96H,13-44,57-60,69-72,81-84H2,1-12H3,(H,117,121)(H,118,122)(H,119,123)(H,120,124)/t85-,86-,87-,88-,93+,94+,95+,96+/m1/s1. The van der Waals surface area contributed by atoms with Crippen LogP contribution in [0.2, 0.25) is 0 Å². The van der Waals surface area contributed by atoms with E-state index in [1.165, 1.54) is 128 Å². The molecule has 4 N–H and O–H groups in total. The molecule has 0 heterocycles. The largest absolute Gasteiger partial charge is 0.496 e. The van der Waals surface area contributed by atoms with Gasteiger partial charge in [0, 0.05) is 92.4 Å². The SMILES string of the molecule is CCCCCCCCCCC[C@H]1c2cc(c(OCC(=O)N[C@H](C)c3ccccc3)cc2OC)[C@@H](CCCCCCCCCCC)c2cc(c(OCC(=O)N[C@H](C)c3ccccc3)cc2OC)[C@@H](CCCCCCCCCCC)c2cc(c(OCC(=O)N[C@H](C)c3ccccc3)cc2OC)[C@@H](CCCCCCCCCCC)c2cc1c(OCC(=O)N[C@H](C)c1ccccc1)cc2OC. The molecule has 132 heavy (non-hydrogen) atoms. The van der Waals surface area contributed by atoms with Crippen LogP contribution in [0.15, 0.2) is 170 Å². The average molecular weight is 1810 g/mol. The molecule has 4 amide bonds. The van der Waals surface area contributed by atoms with Crippen molar-refractivity contribution in [1.82, 2.24) is 21.3 Å². The summed E-state index contributed by atoms with van der Waals surface area (Å²) in [6.07, 6.45) is 42.7. The molecule has 0 radical (unpaired) electrons. The number of carbonyl (C=O) groups is 4. The lowest BCUT2D eigenvalue weighted by molar-refractivity contribution is -0.124. The van der Waals surface area contributed by atoms with Crippen LogP contribution in [0.5, 0.6) is 46.0 Å². The minimum absolute atomic E-state index is 0.284. The van der Waals surface area contributed by atoms with E-state index in [1.807, 2.05) is 173 Å². The highest BCUT2D eigenvalue weighted by Gasteiger charge is 2.37. The Morgan fingerprint density at radius 3 is 0.553 bits per heavy atom. The van der Waals surface area contributed by atoms with E-state index >= 15 is 0 Å². The van der Waals surface area contributed by atoms with Crippen LogP contribution >= 0.6 is 0 Å². The van der Waals surface area contributed by atoms with Crippen molar-refractivity contribution in [3.05, 3.63) is 237 Å². The van der Waals surface area contributed by atoms with E-state index in [0.717, 1.165) is 169 Å². The third-order valence-electron chi connectivity index (χ3n) is 27.0. The molecule has 9 rings (SSSR count). The number of benzene rings is 8. The molecular weight excluding hydrogens is 1640 g/mol. The molecule has 720 valence electrons. The number of hydrogen-bond acceptors (Lipinski definition) is 12. The van der Waals surface area contributed by atoms with Crippen molar-refractivity contribution in [2.24, 2.45) is 0 Å². The van der Waals surface area contributed by atoms with Gasteiger partial charge in [0.2, 0.25) is 0 Å². The molecule has 0 saturated carbocycles. The molecule has 1 aliphatic rings. The summed E-state index contributed by atoms with van der Waals surface area (Å²) >= 11 is 0. The number of methoxy groups -OCH3 is 4. The van der Waals surface area contributed by atoms with Crippen molar-refractivity contribution in [2.75, 3.05) is 54.9 Å². The van der Waals surface area contributed by atoms with Crippen LogP contribution in [0.25, 0.3) is 0 Å². The summed E-state index contributed by atoms with van der Waals surface area (Å²) in [5.74, 6) is 1.17. The van der Waals surface area contributed by atoms with E-state index in [4.69, 9.17) is 37.9 Å². The van der Waals surface area contributed by atoms with Gasteiger partial charge in [-0.05, 0) is 99.9 Å². The van der Waals surface area contributed by atoms with Crippen LogP contribution in [0, 0.1) is 0 Å². The number of ether oxygens (including phenoxy) is 8. The molecule has 0 aromatic heterocycles. The number of nitrogens with one attached hydrogen (secondary N) is 4. The summed E-state index contributed by atoms with van der Waals surface area (Å²) in [5.41, 5.74) is 10.8. The third-order valence-corrected chi connectivity index (χ3v) is 27.0. The van der Waals surface area contributed by atoms with Crippen molar-refractivity contribution in [1.29, 1.82) is 0 Å². The molecule has 8 aromatic carbocycles. The van der Waals surface area contributed by atoms with Gasteiger partial charge >= 0.3 is 0 Å². The maximum Gasteiger partial charge on any atom is 0.258 e. The van der Waals surface area contributed by atoms with Gasteiger partial charge < -0.3 is 59.2 Å². The normalized spacial score (nSPS) is 14.9. The summed E-state index contributed by atoms with van der Waals surface area (Å²) < 4.78 is 56.6. The molecule has 0 aliphatic heterocycles. The zero-order valence-corrected chi connectivity index (χ0v) is 82.8. The molecule has 16 heteroatoms. The second-order valence-corrected chi connectivity index (χ2v) is 37.2. The summed E-state index contributed by atoms with van der Waals surface area (Å²) in [7, 11) is 6.90. The second kappa shape index (κ2) is 60.3. The first-order chi connectivity index (χ1) is 64.5. The van der Waals surface area contributed by atoms with Crippen molar-refractivity contribution >= 4 is 23.6 Å². The van der Waals surface area contributed by atoms with Gasteiger partial charge in [-0.2, -0.15) is 0 Å². The van der Waals surface area contributed by atoms with E-state index in [-0.39, 0.29) is 74.2 Å². The lowest BCUT2D eigenvalue weighted by Crippen LogP contribution is -2.31. The fourth-order valence-corrected chi connectivity index (χ4v) is 19.3. The first-order valence-corrected chi connectivity index (χ1v) is 51.3. The lowest BCUT2D eigenvalue weighted by Gasteiger charge is -2.32. The Morgan fingerprint density at radius 2 is 0.386 bits per heavy atom. The Morgan fingerprint density at radius 1 is 0.227 bits per heavy atom. The number of carbonyl (C=O) groups excluding carboxylic acids is 4. The number of fused-ring (bicyclic) bond motifs is 8. The molecule has 8 aromatic rings. The smallest absolute Gasteiger partial charge is 0.258 e. The Kier molecular flexibility index (Phi) is 48.3. The van der Waals surface area contributed by atoms with E-state index in [2.05, 4.69) is 73.2 Å². The third kappa shape index (κ3) is 34.5. The van der Waals surface area contributed by atoms with Crippen LogP contribution in [-0.4, -0.2) is 78.5 Å². The summed E-state index contributed by atoms with van der Waals surface area (Å²) in [6, 6.07) is 56.1. The first kappa shape index (κ1) is 106. The predicted octanol–water partition coefficient (Wildman–Crippen LogP) is 29.3. The molecule has 0 fully saturated rings. The van der Waals surface area contributed by atoms with E-state index in [9.17, 15) is 19.2 Å². The molecule has 0 spiro atoms. The molecule has 1 aliphatic carbocycles. The molecular formula is C116H164N4O12. The highest BCUT2D eigenvalue weighted by molar-refractivity contribution is 5.80. The fourth-order valence-electron chi connectivity index (χ4n) is 19.3. The van der Waals surface area contributed by atoms with Gasteiger partial charge in [0.1, 0.15) is 46.0 Å². The number of unbranched alkanes of at least 4 members (excludes halogenated alkanes) is 32. The number of hydrogen-bond donors (Lipinski definition) is 4. The quantitative estimate of drug-likeness (QED) is 0.0264. The summed E-state index contributed by atoms with van der Waals surface area (Å²) in [4.78, 5) is 59.5. The maximum absolute atomic E-state index is 14.9. The van der Waals surface area contributed by atoms with Crippen LogP contribution in [0.1, 0.15) is 427 Å². The van der Waals surface area contributed by atoms with Gasteiger partial charge in [0.15, 0.2) is 26.4 Å². The van der Waals surface area contributed by atoms with Crippen molar-refractivity contribution in [3.8, 4) is 46.0 Å². The van der Waals surface area contributed by atoms with Gasteiger partial charge in [-0.25, -0.2) is 0 Å². The van der Waals surface area contributed by atoms with Gasteiger partial charge in [-0.3, -0.25) is 19.2 Å². The monoisotopic (exact) mass is 1810 g/mol. The molecule has 0 unspecified atom stereocenters. The van der Waals surface area contributed by atoms with E-state index < -0.39 is 23.7 Å². The Balaban J connectivity index is 1.40. The van der Waals surface area contributed by atoms with Crippen LogP contribution in [0.3, 0.4) is 0 Å². The summed E-state index contributed by atoms with van der Waals surface area (Å²) in [5, 5.41) is 13.1. The highest BCUT2D eigenvalue weighted by atomic mass is 16.5. The van der Waals surface area contributed by atoms with E-state index in [1.54, 1.807) is 28.4 Å². The first-order valence-electron chi connectivity index (χ1n) is 51.3. The topological polar surface area (TPSA) is 190 Å². The zero-order valence-electron chi connectivity index (χ0n) is 82.8. The summed E-state index contributed by atoms with van der Waals surface area (Å²) in [6.45, 7) is 15.9. The average Bonchev–Trinajstić information content (AvgIpc) is 0.744. The minimum Gasteiger partial charge on any atom is -0.496 e. The Bertz CT molecular complexity index is 4040. The van der Waals surface area contributed by atoms with Crippen molar-refractivity contribution < 1.29 is 57.1 Å².